The topological polar surface area (TPSA) is 29.3 Å². The summed E-state index contributed by atoms with van der Waals surface area (Å²) in [4.78, 5) is 4.76. The van der Waals surface area contributed by atoms with Gasteiger partial charge < -0.3 is 5.73 Å². The Morgan fingerprint density at radius 1 is 1.42 bits per heavy atom. The van der Waals surface area contributed by atoms with Gasteiger partial charge in [0, 0.05) is 37.2 Å². The van der Waals surface area contributed by atoms with Crippen molar-refractivity contribution in [2.24, 2.45) is 5.73 Å². The van der Waals surface area contributed by atoms with Crippen LogP contribution < -0.4 is 5.73 Å². The lowest BCUT2D eigenvalue weighted by atomic mass is 10.2. The number of hydrogen-bond donors (Lipinski definition) is 1. The van der Waals surface area contributed by atoms with E-state index in [1.807, 2.05) is 0 Å². The van der Waals surface area contributed by atoms with Crippen molar-refractivity contribution in [3.8, 4) is 0 Å². The summed E-state index contributed by atoms with van der Waals surface area (Å²) >= 11 is 16.4. The lowest BCUT2D eigenvalue weighted by Crippen LogP contribution is -2.29. The van der Waals surface area contributed by atoms with E-state index in [2.05, 4.69) is 61.3 Å². The summed E-state index contributed by atoms with van der Waals surface area (Å²) in [6, 6.07) is 4.40. The monoisotopic (exact) mass is 442 g/mol. The van der Waals surface area contributed by atoms with Gasteiger partial charge in [0.1, 0.15) is 4.34 Å². The molecular weight excluding hydrogens is 432 g/mol. The van der Waals surface area contributed by atoms with Crippen molar-refractivity contribution in [1.29, 1.82) is 0 Å². The minimum absolute atomic E-state index is 0.190. The predicted octanol–water partition coefficient (Wildman–Crippen LogP) is 5.12. The predicted molar refractivity (Wildman–Crippen MR) is 92.3 cm³/mol. The van der Waals surface area contributed by atoms with Crippen molar-refractivity contribution in [3.63, 3.8) is 0 Å². The number of rotatable bonds is 5. The minimum atomic E-state index is 0.190. The van der Waals surface area contributed by atoms with Crippen molar-refractivity contribution in [2.75, 3.05) is 13.6 Å². The molecule has 0 aliphatic rings. The number of halogens is 3. The maximum atomic E-state index is 6.11. The van der Waals surface area contributed by atoms with Crippen molar-refractivity contribution in [2.45, 2.75) is 12.6 Å². The molecular formula is C12H13Br2ClN2S2. The standard InChI is InChI=1S/C12H13Br2ClN2S2/c1-17(5-8-2-7(13)6-18-8)10(4-16)11-3-9(14)12(15)19-11/h2-3,6,10H,4-5,16H2,1H3. The Hall–Kier alpha value is 0.570. The van der Waals surface area contributed by atoms with Crippen LogP contribution in [0.1, 0.15) is 15.8 Å². The van der Waals surface area contributed by atoms with Gasteiger partial charge in [-0.2, -0.15) is 0 Å². The summed E-state index contributed by atoms with van der Waals surface area (Å²) in [6.07, 6.45) is 0. The van der Waals surface area contributed by atoms with Crippen LogP contribution in [-0.2, 0) is 6.54 Å². The third kappa shape index (κ3) is 4.03. The lowest BCUT2D eigenvalue weighted by Gasteiger charge is -2.25. The Morgan fingerprint density at radius 3 is 2.63 bits per heavy atom. The summed E-state index contributed by atoms with van der Waals surface area (Å²) in [6.45, 7) is 1.46. The van der Waals surface area contributed by atoms with Crippen LogP contribution in [0.5, 0.6) is 0 Å². The second kappa shape index (κ2) is 7.02. The van der Waals surface area contributed by atoms with Crippen molar-refractivity contribution < 1.29 is 0 Å². The van der Waals surface area contributed by atoms with Gasteiger partial charge in [0.2, 0.25) is 0 Å². The zero-order valence-electron chi connectivity index (χ0n) is 10.2. The molecule has 2 N–H and O–H groups in total. The molecule has 2 nitrogen and oxygen atoms in total. The third-order valence-electron chi connectivity index (χ3n) is 2.77. The van der Waals surface area contributed by atoms with E-state index in [1.54, 1.807) is 22.7 Å². The van der Waals surface area contributed by atoms with E-state index >= 15 is 0 Å². The molecule has 1 atom stereocenters. The van der Waals surface area contributed by atoms with Gasteiger partial charge in [-0.05, 0) is 51.0 Å². The highest BCUT2D eigenvalue weighted by Crippen LogP contribution is 2.37. The lowest BCUT2D eigenvalue weighted by molar-refractivity contribution is 0.247. The Kier molecular flexibility index (Phi) is 5.90. The molecule has 0 spiro atoms. The zero-order valence-corrected chi connectivity index (χ0v) is 15.8. The maximum Gasteiger partial charge on any atom is 0.107 e. The van der Waals surface area contributed by atoms with Gasteiger partial charge in [0.15, 0.2) is 0 Å². The second-order valence-corrected chi connectivity index (χ2v) is 8.62. The first-order valence-corrected chi connectivity index (χ1v) is 9.25. The van der Waals surface area contributed by atoms with Crippen LogP contribution in [0.15, 0.2) is 26.5 Å². The van der Waals surface area contributed by atoms with Crippen LogP contribution in [0.2, 0.25) is 4.34 Å². The number of thiophene rings is 2. The van der Waals surface area contributed by atoms with Gasteiger partial charge in [-0.15, -0.1) is 22.7 Å². The maximum absolute atomic E-state index is 6.11. The first-order chi connectivity index (χ1) is 9.01. The average Bonchev–Trinajstić information content (AvgIpc) is 2.88. The summed E-state index contributed by atoms with van der Waals surface area (Å²) < 4.78 is 2.85. The molecule has 7 heteroatoms. The summed E-state index contributed by atoms with van der Waals surface area (Å²) in [5.74, 6) is 0. The smallest absolute Gasteiger partial charge is 0.107 e. The number of nitrogens with two attached hydrogens (primary N) is 1. The molecule has 104 valence electrons. The largest absolute Gasteiger partial charge is 0.329 e. The van der Waals surface area contributed by atoms with E-state index in [0.717, 1.165) is 19.8 Å². The third-order valence-corrected chi connectivity index (χ3v) is 7.03. The first kappa shape index (κ1) is 15.9. The molecule has 19 heavy (non-hydrogen) atoms. The molecule has 0 fully saturated rings. The molecule has 0 radical (unpaired) electrons. The van der Waals surface area contributed by atoms with Crippen LogP contribution in [-0.4, -0.2) is 18.5 Å². The number of likely N-dealkylation sites (N-methyl/N-ethyl adjacent to an activating group) is 1. The summed E-state index contributed by atoms with van der Waals surface area (Å²) in [7, 11) is 2.09. The summed E-state index contributed by atoms with van der Waals surface area (Å²) in [5, 5.41) is 2.10. The highest BCUT2D eigenvalue weighted by molar-refractivity contribution is 9.10. The first-order valence-electron chi connectivity index (χ1n) is 5.59. The van der Waals surface area contributed by atoms with E-state index in [-0.39, 0.29) is 6.04 Å². The van der Waals surface area contributed by atoms with Crippen LogP contribution in [0.4, 0.5) is 0 Å². The molecule has 0 amide bonds. The molecule has 2 aromatic rings. The molecule has 1 unspecified atom stereocenters. The fourth-order valence-corrected chi connectivity index (χ4v) is 5.26. The molecule has 0 aromatic carbocycles. The average molecular weight is 445 g/mol. The van der Waals surface area contributed by atoms with Crippen LogP contribution in [0.25, 0.3) is 0 Å². The van der Waals surface area contributed by atoms with Gasteiger partial charge in [0.25, 0.3) is 0 Å². The Morgan fingerprint density at radius 2 is 2.16 bits per heavy atom. The van der Waals surface area contributed by atoms with Crippen molar-refractivity contribution in [1.82, 2.24) is 4.90 Å². The zero-order chi connectivity index (χ0) is 14.0. The van der Waals surface area contributed by atoms with Crippen molar-refractivity contribution in [3.05, 3.63) is 40.5 Å². The molecule has 0 saturated carbocycles. The van der Waals surface area contributed by atoms with Gasteiger partial charge in [-0.3, -0.25) is 4.90 Å². The van der Waals surface area contributed by atoms with E-state index in [0.29, 0.717) is 6.54 Å². The van der Waals surface area contributed by atoms with E-state index in [9.17, 15) is 0 Å². The van der Waals surface area contributed by atoms with Crippen molar-refractivity contribution >= 4 is 66.1 Å². The SMILES string of the molecule is CN(Cc1cc(Br)cs1)C(CN)c1cc(Br)c(Cl)s1. The van der Waals surface area contributed by atoms with Crippen LogP contribution in [0.3, 0.4) is 0 Å². The molecule has 0 aliphatic carbocycles. The molecule has 2 heterocycles. The summed E-state index contributed by atoms with van der Waals surface area (Å²) in [5.41, 5.74) is 5.92. The molecule has 0 bridgehead atoms. The van der Waals surface area contributed by atoms with Gasteiger partial charge >= 0.3 is 0 Å². The minimum Gasteiger partial charge on any atom is -0.329 e. The van der Waals surface area contributed by atoms with E-state index in [4.69, 9.17) is 17.3 Å². The fraction of sp³-hybridized carbons (Fsp3) is 0.333. The second-order valence-electron chi connectivity index (χ2n) is 4.17. The highest BCUT2D eigenvalue weighted by Gasteiger charge is 2.19. The molecule has 2 aromatic heterocycles. The van der Waals surface area contributed by atoms with Crippen LogP contribution >= 0.6 is 66.1 Å². The highest BCUT2D eigenvalue weighted by atomic mass is 79.9. The number of hydrogen-bond acceptors (Lipinski definition) is 4. The molecule has 0 saturated heterocycles. The number of nitrogens with zero attached hydrogens (tertiary/aromatic N) is 1. The Labute approximate surface area is 142 Å². The fourth-order valence-electron chi connectivity index (χ4n) is 1.83. The normalized spacial score (nSPS) is 13.2. The molecule has 2 rings (SSSR count). The quantitative estimate of drug-likeness (QED) is 0.694. The van der Waals surface area contributed by atoms with Gasteiger partial charge in [-0.25, -0.2) is 0 Å². The van der Waals surface area contributed by atoms with Crippen LogP contribution in [0, 0.1) is 0 Å². The Balaban J connectivity index is 2.12. The van der Waals surface area contributed by atoms with E-state index in [1.165, 1.54) is 9.75 Å². The van der Waals surface area contributed by atoms with Gasteiger partial charge in [-0.1, -0.05) is 11.6 Å². The van der Waals surface area contributed by atoms with Gasteiger partial charge in [0.05, 0.1) is 6.04 Å². The van der Waals surface area contributed by atoms with E-state index < -0.39 is 0 Å². The molecule has 0 aliphatic heterocycles. The Bertz CT molecular complexity index is 536.